The SMILES string of the molecule is CC=CCc1c(O)n(Cc2ccccc2)c2nc3c(c(=O)n(C)c(=O)n3C)n2c1=O.[H-].[Na+]. The van der Waals surface area contributed by atoms with Gasteiger partial charge in [-0.2, -0.15) is 4.98 Å². The fourth-order valence-corrected chi connectivity index (χ4v) is 3.57. The molecule has 0 unspecified atom stereocenters. The largest absolute Gasteiger partial charge is 1.00 e. The Hall–Kier alpha value is -2.88. The second-order valence-electron chi connectivity index (χ2n) is 7.08. The maximum atomic E-state index is 13.3. The predicted octanol–water partition coefficient (Wildman–Crippen LogP) is -1.96. The van der Waals surface area contributed by atoms with Crippen LogP contribution in [0.3, 0.4) is 0 Å². The summed E-state index contributed by atoms with van der Waals surface area (Å²) in [4.78, 5) is 42.9. The molecule has 4 rings (SSSR count). The fraction of sp³-hybridized carbons (Fsp3) is 0.238. The van der Waals surface area contributed by atoms with E-state index in [1.165, 1.54) is 27.6 Å². The Morgan fingerprint density at radius 1 is 1.06 bits per heavy atom. The molecule has 0 aliphatic rings. The molecule has 156 valence electrons. The van der Waals surface area contributed by atoms with Crippen molar-refractivity contribution in [3.63, 3.8) is 0 Å². The number of hydrogen-bond acceptors (Lipinski definition) is 5. The minimum Gasteiger partial charge on any atom is -1.00 e. The third kappa shape index (κ3) is 3.58. The van der Waals surface area contributed by atoms with Gasteiger partial charge < -0.3 is 6.53 Å². The number of imidazole rings is 1. The Bertz CT molecular complexity index is 1500. The number of benzene rings is 1. The van der Waals surface area contributed by atoms with Crippen LogP contribution in [0.15, 0.2) is 56.9 Å². The molecule has 0 aliphatic carbocycles. The van der Waals surface area contributed by atoms with E-state index >= 15 is 0 Å². The second-order valence-corrected chi connectivity index (χ2v) is 7.08. The van der Waals surface area contributed by atoms with Crippen LogP contribution >= 0.6 is 0 Å². The van der Waals surface area contributed by atoms with Gasteiger partial charge in [-0.15, -0.1) is 0 Å². The second kappa shape index (κ2) is 8.70. The predicted molar refractivity (Wildman–Crippen MR) is 114 cm³/mol. The molecule has 3 aromatic heterocycles. The number of hydrogen-bond donors (Lipinski definition) is 1. The molecule has 1 aromatic carbocycles. The maximum Gasteiger partial charge on any atom is 1.00 e. The standard InChI is InChI=1S/C21H21N5O4.Na.H/c1-4-5-11-14-17(27)25(12-13-9-7-6-8-10-13)20-22-16-15(26(20)18(14)28)19(29)24(3)21(30)23(16)2;;/h4-10,27H,11-12H2,1-3H3;;/q;+1;-1. The zero-order chi connectivity index (χ0) is 21.6. The van der Waals surface area contributed by atoms with Gasteiger partial charge in [-0.05, 0) is 12.5 Å². The van der Waals surface area contributed by atoms with Gasteiger partial charge in [0.2, 0.25) is 11.7 Å². The zero-order valence-electron chi connectivity index (χ0n) is 18.9. The van der Waals surface area contributed by atoms with E-state index in [1.807, 2.05) is 37.3 Å². The van der Waals surface area contributed by atoms with Gasteiger partial charge in [0.05, 0.1) is 12.1 Å². The molecular formula is C21H22N5NaO4. The first-order chi connectivity index (χ1) is 14.4. The van der Waals surface area contributed by atoms with Crippen LogP contribution in [0.2, 0.25) is 0 Å². The van der Waals surface area contributed by atoms with Crippen LogP contribution in [0.5, 0.6) is 5.88 Å². The van der Waals surface area contributed by atoms with Gasteiger partial charge in [0, 0.05) is 20.5 Å². The molecule has 0 bridgehead atoms. The van der Waals surface area contributed by atoms with E-state index < -0.39 is 16.8 Å². The smallest absolute Gasteiger partial charge is 1.00 e. The van der Waals surface area contributed by atoms with Gasteiger partial charge in [0.25, 0.3) is 11.1 Å². The maximum absolute atomic E-state index is 13.3. The van der Waals surface area contributed by atoms with E-state index in [9.17, 15) is 19.5 Å². The van der Waals surface area contributed by atoms with Gasteiger partial charge in [0.15, 0.2) is 11.2 Å². The van der Waals surface area contributed by atoms with Crippen molar-refractivity contribution < 1.29 is 36.1 Å². The zero-order valence-corrected chi connectivity index (χ0v) is 19.9. The van der Waals surface area contributed by atoms with E-state index in [1.54, 1.807) is 12.2 Å². The van der Waals surface area contributed by atoms with Gasteiger partial charge in [-0.3, -0.25) is 23.3 Å². The average Bonchev–Trinajstić information content (AvgIpc) is 3.15. The summed E-state index contributed by atoms with van der Waals surface area (Å²) in [7, 11) is 2.84. The third-order valence-corrected chi connectivity index (χ3v) is 5.21. The first kappa shape index (κ1) is 22.8. The molecule has 0 amide bonds. The van der Waals surface area contributed by atoms with Crippen LogP contribution in [0.4, 0.5) is 0 Å². The molecule has 0 fully saturated rings. The summed E-state index contributed by atoms with van der Waals surface area (Å²) in [5.74, 6) is -0.120. The summed E-state index contributed by atoms with van der Waals surface area (Å²) in [5, 5.41) is 11.0. The van der Waals surface area contributed by atoms with E-state index in [-0.39, 0.29) is 72.3 Å². The van der Waals surface area contributed by atoms with Crippen molar-refractivity contribution in [2.45, 2.75) is 19.9 Å². The van der Waals surface area contributed by atoms with Crippen molar-refractivity contribution in [1.82, 2.24) is 23.1 Å². The van der Waals surface area contributed by atoms with Crippen LogP contribution in [0.1, 0.15) is 19.5 Å². The van der Waals surface area contributed by atoms with Crippen LogP contribution in [0, 0.1) is 0 Å². The van der Waals surface area contributed by atoms with Crippen molar-refractivity contribution in [2.75, 3.05) is 0 Å². The molecule has 0 atom stereocenters. The summed E-state index contributed by atoms with van der Waals surface area (Å²) in [6.07, 6.45) is 3.72. The summed E-state index contributed by atoms with van der Waals surface area (Å²) >= 11 is 0. The number of aromatic hydroxyl groups is 1. The Balaban J connectivity index is 0.00000181. The number of rotatable bonds is 4. The van der Waals surface area contributed by atoms with Gasteiger partial charge in [-0.25, -0.2) is 9.20 Å². The number of fused-ring (bicyclic) bond motifs is 3. The Morgan fingerprint density at radius 2 is 1.74 bits per heavy atom. The molecular weight excluding hydrogens is 409 g/mol. The Labute approximate surface area is 200 Å². The molecule has 0 saturated heterocycles. The van der Waals surface area contributed by atoms with Crippen molar-refractivity contribution in [3.8, 4) is 5.88 Å². The number of aryl methyl sites for hydroxylation is 1. The monoisotopic (exact) mass is 431 g/mol. The van der Waals surface area contributed by atoms with Crippen molar-refractivity contribution in [1.29, 1.82) is 0 Å². The molecule has 0 aliphatic heterocycles. The summed E-state index contributed by atoms with van der Waals surface area (Å²) < 4.78 is 4.84. The molecule has 3 heterocycles. The first-order valence-electron chi connectivity index (χ1n) is 9.44. The molecule has 4 aromatic rings. The van der Waals surface area contributed by atoms with E-state index in [4.69, 9.17) is 0 Å². The summed E-state index contributed by atoms with van der Waals surface area (Å²) in [5.41, 5.74) is -0.588. The normalized spacial score (nSPS) is 11.5. The van der Waals surface area contributed by atoms with Crippen molar-refractivity contribution >= 4 is 16.9 Å². The third-order valence-electron chi connectivity index (χ3n) is 5.21. The van der Waals surface area contributed by atoms with E-state index in [2.05, 4.69) is 4.98 Å². The first-order valence-corrected chi connectivity index (χ1v) is 9.44. The van der Waals surface area contributed by atoms with Crippen LogP contribution in [-0.4, -0.2) is 28.2 Å². The Morgan fingerprint density at radius 3 is 2.39 bits per heavy atom. The topological polar surface area (TPSA) is 104 Å². The number of nitrogens with zero attached hydrogens (tertiary/aromatic N) is 5. The van der Waals surface area contributed by atoms with Gasteiger partial charge >= 0.3 is 35.2 Å². The Kier molecular flexibility index (Phi) is 6.40. The van der Waals surface area contributed by atoms with Gasteiger partial charge in [0.1, 0.15) is 0 Å². The minimum atomic E-state index is -0.619. The van der Waals surface area contributed by atoms with Crippen LogP contribution in [-0.2, 0) is 27.1 Å². The molecule has 10 heteroatoms. The summed E-state index contributed by atoms with van der Waals surface area (Å²) in [6, 6.07) is 9.39. The van der Waals surface area contributed by atoms with Crippen molar-refractivity contribution in [2.24, 2.45) is 14.1 Å². The quantitative estimate of drug-likeness (QED) is 0.299. The molecule has 9 nitrogen and oxygen atoms in total. The van der Waals surface area contributed by atoms with Gasteiger partial charge in [-0.1, -0.05) is 42.5 Å². The molecule has 0 radical (unpaired) electrons. The average molecular weight is 431 g/mol. The fourth-order valence-electron chi connectivity index (χ4n) is 3.57. The van der Waals surface area contributed by atoms with Crippen molar-refractivity contribution in [3.05, 3.63) is 84.8 Å². The summed E-state index contributed by atoms with van der Waals surface area (Å²) in [6.45, 7) is 2.05. The number of allylic oxidation sites excluding steroid dienone is 2. The van der Waals surface area contributed by atoms with E-state index in [0.29, 0.717) is 0 Å². The minimum absolute atomic E-state index is 0. The molecule has 1 N–H and O–H groups in total. The molecule has 0 saturated carbocycles. The molecule has 31 heavy (non-hydrogen) atoms. The van der Waals surface area contributed by atoms with Crippen LogP contribution in [0.25, 0.3) is 16.9 Å². The number of aromatic nitrogens is 5. The van der Waals surface area contributed by atoms with Crippen LogP contribution < -0.4 is 46.4 Å². The molecule has 0 spiro atoms. The van der Waals surface area contributed by atoms with E-state index in [0.717, 1.165) is 10.1 Å².